The molecule has 7 heteroatoms. The Labute approximate surface area is 161 Å². The summed E-state index contributed by atoms with van der Waals surface area (Å²) in [7, 11) is 0. The molecule has 1 amide bonds. The van der Waals surface area contributed by atoms with Crippen LogP contribution in [0.15, 0.2) is 53.3 Å². The van der Waals surface area contributed by atoms with Crippen molar-refractivity contribution in [3.63, 3.8) is 0 Å². The second-order valence-corrected chi connectivity index (χ2v) is 7.33. The molecule has 0 saturated heterocycles. The van der Waals surface area contributed by atoms with Gasteiger partial charge in [-0.05, 0) is 43.0 Å². The van der Waals surface area contributed by atoms with Crippen molar-refractivity contribution in [3.8, 4) is 11.4 Å². The van der Waals surface area contributed by atoms with Crippen LogP contribution in [0, 0.1) is 12.8 Å². The Balaban J connectivity index is 1.43. The lowest BCUT2D eigenvalue weighted by Crippen LogP contribution is -2.15. The fraction of sp³-hybridized carbons (Fsp3) is 0.238. The molecule has 1 fully saturated rings. The van der Waals surface area contributed by atoms with E-state index in [1.54, 1.807) is 10.6 Å². The maximum Gasteiger partial charge on any atom is 0.274 e. The van der Waals surface area contributed by atoms with E-state index in [-0.39, 0.29) is 5.91 Å². The zero-order valence-electron chi connectivity index (χ0n) is 15.6. The predicted octanol–water partition coefficient (Wildman–Crippen LogP) is 4.07. The van der Waals surface area contributed by atoms with Crippen LogP contribution >= 0.6 is 0 Å². The van der Waals surface area contributed by atoms with E-state index in [4.69, 9.17) is 4.52 Å². The first-order valence-electron chi connectivity index (χ1n) is 9.28. The van der Waals surface area contributed by atoms with Crippen LogP contribution in [0.2, 0.25) is 0 Å². The number of aryl methyl sites for hydroxylation is 1. The third-order valence-electron chi connectivity index (χ3n) is 5.26. The molecule has 1 N–H and O–H groups in total. The molecule has 2 atom stereocenters. The van der Waals surface area contributed by atoms with Gasteiger partial charge in [-0.25, -0.2) is 4.98 Å². The fourth-order valence-electron chi connectivity index (χ4n) is 3.35. The molecule has 1 aliphatic rings. The summed E-state index contributed by atoms with van der Waals surface area (Å²) in [6, 6.07) is 11.4. The minimum atomic E-state index is -0.223. The minimum Gasteiger partial charge on any atom is -0.339 e. The van der Waals surface area contributed by atoms with E-state index < -0.39 is 0 Å². The smallest absolute Gasteiger partial charge is 0.274 e. The van der Waals surface area contributed by atoms with E-state index >= 15 is 0 Å². The van der Waals surface area contributed by atoms with Gasteiger partial charge in [0.15, 0.2) is 0 Å². The highest BCUT2D eigenvalue weighted by Gasteiger charge is 2.39. The number of imidazole rings is 1. The zero-order valence-corrected chi connectivity index (χ0v) is 15.6. The molecule has 3 aromatic heterocycles. The standard InChI is InChI=1S/C21H19N5O2/c1-12-6-7-14(19-24-21(28-25-19)15-9-13(15)2)10-16(12)23-20(27)17-11-22-18-5-3-4-8-26(17)18/h3-8,10-11,13,15H,9H2,1-2H3,(H,23,27)/t13-,15-/m0/s1. The molecule has 28 heavy (non-hydrogen) atoms. The van der Waals surface area contributed by atoms with Crippen molar-refractivity contribution in [1.29, 1.82) is 0 Å². The minimum absolute atomic E-state index is 0.223. The van der Waals surface area contributed by atoms with Crippen molar-refractivity contribution >= 4 is 17.2 Å². The number of hydrogen-bond donors (Lipinski definition) is 1. The summed E-state index contributed by atoms with van der Waals surface area (Å²) in [5, 5.41) is 7.09. The molecular weight excluding hydrogens is 354 g/mol. The summed E-state index contributed by atoms with van der Waals surface area (Å²) in [5.41, 5.74) is 3.67. The second-order valence-electron chi connectivity index (χ2n) is 7.33. The van der Waals surface area contributed by atoms with Crippen LogP contribution in [-0.4, -0.2) is 25.4 Å². The molecule has 1 aliphatic carbocycles. The topological polar surface area (TPSA) is 85.3 Å². The Bertz CT molecular complexity index is 1190. The molecule has 1 aromatic carbocycles. The number of fused-ring (bicyclic) bond motifs is 1. The number of rotatable bonds is 4. The van der Waals surface area contributed by atoms with E-state index in [2.05, 4.69) is 27.4 Å². The van der Waals surface area contributed by atoms with Gasteiger partial charge in [-0.1, -0.05) is 30.3 Å². The van der Waals surface area contributed by atoms with Gasteiger partial charge in [0.05, 0.1) is 6.20 Å². The molecule has 3 heterocycles. The summed E-state index contributed by atoms with van der Waals surface area (Å²) in [6.45, 7) is 4.12. The molecule has 1 saturated carbocycles. The summed E-state index contributed by atoms with van der Waals surface area (Å²) in [6.07, 6.45) is 4.49. The Morgan fingerprint density at radius 1 is 1.29 bits per heavy atom. The maximum atomic E-state index is 12.8. The highest BCUT2D eigenvalue weighted by molar-refractivity contribution is 6.04. The van der Waals surface area contributed by atoms with Crippen LogP contribution in [-0.2, 0) is 0 Å². The molecule has 0 spiro atoms. The Kier molecular flexibility index (Phi) is 3.75. The van der Waals surface area contributed by atoms with Crippen LogP contribution in [0.1, 0.15) is 41.2 Å². The fourth-order valence-corrected chi connectivity index (χ4v) is 3.35. The number of pyridine rings is 1. The number of carbonyl (C=O) groups is 1. The van der Waals surface area contributed by atoms with Gasteiger partial charge < -0.3 is 9.84 Å². The van der Waals surface area contributed by atoms with Crippen molar-refractivity contribution in [1.82, 2.24) is 19.5 Å². The third kappa shape index (κ3) is 2.85. The van der Waals surface area contributed by atoms with Crippen LogP contribution in [0.25, 0.3) is 17.0 Å². The molecule has 0 aliphatic heterocycles. The number of benzene rings is 1. The quantitative estimate of drug-likeness (QED) is 0.583. The van der Waals surface area contributed by atoms with Crippen LogP contribution in [0.3, 0.4) is 0 Å². The van der Waals surface area contributed by atoms with E-state index in [0.717, 1.165) is 23.2 Å². The summed E-state index contributed by atoms with van der Waals surface area (Å²) in [5.74, 6) is 1.99. The second kappa shape index (κ2) is 6.30. The van der Waals surface area contributed by atoms with E-state index in [9.17, 15) is 4.79 Å². The van der Waals surface area contributed by atoms with Gasteiger partial charge >= 0.3 is 0 Å². The molecule has 140 valence electrons. The van der Waals surface area contributed by atoms with Gasteiger partial charge in [0.1, 0.15) is 11.3 Å². The lowest BCUT2D eigenvalue weighted by molar-refractivity contribution is 0.102. The van der Waals surface area contributed by atoms with Gasteiger partial charge in [-0.15, -0.1) is 0 Å². The highest BCUT2D eigenvalue weighted by Crippen LogP contribution is 2.46. The number of nitrogens with zero attached hydrogens (tertiary/aromatic N) is 4. The van der Waals surface area contributed by atoms with Gasteiger partial charge in [0, 0.05) is 23.4 Å². The zero-order chi connectivity index (χ0) is 19.3. The molecule has 0 bridgehead atoms. The Hall–Kier alpha value is -3.48. The van der Waals surface area contributed by atoms with Gasteiger partial charge in [0.2, 0.25) is 11.7 Å². The summed E-state index contributed by atoms with van der Waals surface area (Å²) in [4.78, 5) is 21.6. The Morgan fingerprint density at radius 2 is 2.14 bits per heavy atom. The first kappa shape index (κ1) is 16.7. The number of carbonyl (C=O) groups excluding carboxylic acids is 1. The summed E-state index contributed by atoms with van der Waals surface area (Å²) >= 11 is 0. The van der Waals surface area contributed by atoms with E-state index in [1.165, 1.54) is 0 Å². The van der Waals surface area contributed by atoms with Crippen LogP contribution in [0.4, 0.5) is 5.69 Å². The molecule has 0 unspecified atom stereocenters. The van der Waals surface area contributed by atoms with Crippen molar-refractivity contribution in [3.05, 3.63) is 65.9 Å². The molecule has 7 nitrogen and oxygen atoms in total. The number of amides is 1. The predicted molar refractivity (Wildman–Crippen MR) is 104 cm³/mol. The maximum absolute atomic E-state index is 12.8. The van der Waals surface area contributed by atoms with Crippen LogP contribution in [0.5, 0.6) is 0 Å². The molecule has 5 rings (SSSR count). The average molecular weight is 373 g/mol. The van der Waals surface area contributed by atoms with Crippen LogP contribution < -0.4 is 5.32 Å². The van der Waals surface area contributed by atoms with Crippen molar-refractivity contribution in [2.75, 3.05) is 5.32 Å². The monoisotopic (exact) mass is 373 g/mol. The van der Waals surface area contributed by atoms with Crippen molar-refractivity contribution in [2.45, 2.75) is 26.2 Å². The van der Waals surface area contributed by atoms with Gasteiger partial charge in [-0.3, -0.25) is 9.20 Å². The largest absolute Gasteiger partial charge is 0.339 e. The van der Waals surface area contributed by atoms with E-state index in [0.29, 0.717) is 34.9 Å². The number of hydrogen-bond acceptors (Lipinski definition) is 5. The first-order valence-corrected chi connectivity index (χ1v) is 9.28. The first-order chi connectivity index (χ1) is 13.6. The van der Waals surface area contributed by atoms with Gasteiger partial charge in [-0.2, -0.15) is 4.98 Å². The third-order valence-corrected chi connectivity index (χ3v) is 5.26. The SMILES string of the molecule is Cc1ccc(-c2noc([C@H]3C[C@@H]3C)n2)cc1NC(=O)c1cnc2ccccn12. The Morgan fingerprint density at radius 3 is 2.96 bits per heavy atom. The van der Waals surface area contributed by atoms with E-state index in [1.807, 2.05) is 49.5 Å². The van der Waals surface area contributed by atoms with Crippen molar-refractivity contribution in [2.24, 2.45) is 5.92 Å². The number of anilines is 1. The molecule has 4 aromatic rings. The van der Waals surface area contributed by atoms with Crippen molar-refractivity contribution < 1.29 is 9.32 Å². The highest BCUT2D eigenvalue weighted by atomic mass is 16.5. The number of aromatic nitrogens is 4. The normalized spacial score (nSPS) is 18.4. The lowest BCUT2D eigenvalue weighted by atomic mass is 10.1. The lowest BCUT2D eigenvalue weighted by Gasteiger charge is -2.09. The average Bonchev–Trinajstić information content (AvgIpc) is 3.12. The molecular formula is C21H19N5O2. The number of nitrogens with one attached hydrogen (secondary N) is 1. The summed E-state index contributed by atoms with van der Waals surface area (Å²) < 4.78 is 7.17. The van der Waals surface area contributed by atoms with Gasteiger partial charge in [0.25, 0.3) is 5.91 Å². The molecule has 0 radical (unpaired) electrons.